The Hall–Kier alpha value is -0.660. The molecule has 1 amide bonds. The number of hydrogen-bond donors (Lipinski definition) is 0. The Balaban J connectivity index is 0.00000225. The molecule has 0 bridgehead atoms. The molecule has 0 unspecified atom stereocenters. The van der Waals surface area contributed by atoms with E-state index in [1.54, 1.807) is 16.7 Å². The normalized spacial score (nSPS) is 31.2. The van der Waals surface area contributed by atoms with E-state index in [4.69, 9.17) is 16.3 Å². The highest BCUT2D eigenvalue weighted by atomic mass is 35.5. The summed E-state index contributed by atoms with van der Waals surface area (Å²) in [4.78, 5) is 33.1. The number of fused-ring (bicyclic) bond motifs is 1. The molecule has 3 saturated heterocycles. The van der Waals surface area contributed by atoms with Crippen molar-refractivity contribution < 1.29 is 14.3 Å². The number of β-lactam (4-membered cyclic amide) rings is 1. The molecule has 0 aliphatic carbocycles. The number of esters is 1. The smallest absolute Gasteiger partial charge is 0.331 e. The molecule has 0 aromatic heterocycles. The van der Waals surface area contributed by atoms with Gasteiger partial charge in [-0.3, -0.25) is 9.79 Å². The summed E-state index contributed by atoms with van der Waals surface area (Å²) in [6.07, 6.45) is 6.71. The lowest BCUT2D eigenvalue weighted by atomic mass is 9.96. The summed E-state index contributed by atoms with van der Waals surface area (Å²) in [5.74, 6) is -0.533. The number of carbonyl (C=O) groups excluding carboxylic acids is 2. The molecule has 0 radical (unpaired) electrons. The van der Waals surface area contributed by atoms with Crippen LogP contribution in [-0.4, -0.2) is 69.4 Å². The van der Waals surface area contributed by atoms with Crippen LogP contribution in [0.5, 0.6) is 0 Å². The molecule has 3 aliphatic heterocycles. The van der Waals surface area contributed by atoms with Gasteiger partial charge in [0.05, 0.1) is 6.34 Å². The summed E-state index contributed by atoms with van der Waals surface area (Å²) in [5.41, 5.74) is 0. The fourth-order valence-corrected chi connectivity index (χ4v) is 5.34. The van der Waals surface area contributed by atoms with Gasteiger partial charge < -0.3 is 14.5 Å². The van der Waals surface area contributed by atoms with Gasteiger partial charge in [-0.25, -0.2) is 4.79 Å². The Kier molecular flexibility index (Phi) is 6.90. The number of ether oxygens (including phenoxy) is 1. The molecule has 0 aromatic carbocycles. The summed E-state index contributed by atoms with van der Waals surface area (Å²) < 4.78 is 4.53. The SMILES string of the molecule is CC1(C)S[C@@H]2[C@H](N=CN3CCCCCC3)C(=O)N2[C@H]1C(=O)OCCl.Cl. The van der Waals surface area contributed by atoms with Crippen LogP contribution in [0.3, 0.4) is 0 Å². The first-order chi connectivity index (χ1) is 11.5. The zero-order chi connectivity index (χ0) is 17.3. The molecule has 25 heavy (non-hydrogen) atoms. The summed E-state index contributed by atoms with van der Waals surface area (Å²) in [5, 5.41) is -0.0939. The van der Waals surface area contributed by atoms with Crippen molar-refractivity contribution in [3.8, 4) is 0 Å². The Morgan fingerprint density at radius 1 is 1.36 bits per heavy atom. The standard InChI is InChI=1S/C16H24ClN3O3S.ClH/c1-16(2)12(15(22)23-9-17)20-13(21)11(14(20)24-16)18-10-19-7-5-3-4-6-8-19;/h10-12,14H,3-9H2,1-2H3;1H/t11-,12+,14-;/m1./s1. The fraction of sp³-hybridized carbons (Fsp3) is 0.812. The van der Waals surface area contributed by atoms with Gasteiger partial charge in [0, 0.05) is 17.8 Å². The average molecular weight is 410 g/mol. The fourth-order valence-electron chi connectivity index (χ4n) is 3.62. The average Bonchev–Trinajstić information content (AvgIpc) is 2.69. The first-order valence-electron chi connectivity index (χ1n) is 8.45. The molecule has 0 aromatic rings. The number of aliphatic imine (C=N–C) groups is 1. The van der Waals surface area contributed by atoms with Crippen LogP contribution in [0.15, 0.2) is 4.99 Å². The van der Waals surface area contributed by atoms with Crippen molar-refractivity contribution in [2.24, 2.45) is 4.99 Å². The highest BCUT2D eigenvalue weighted by Gasteiger charge is 2.64. The van der Waals surface area contributed by atoms with Crippen molar-refractivity contribution in [3.05, 3.63) is 0 Å². The molecule has 9 heteroatoms. The van der Waals surface area contributed by atoms with E-state index in [2.05, 4.69) is 9.89 Å². The second-order valence-electron chi connectivity index (χ2n) is 6.99. The van der Waals surface area contributed by atoms with Gasteiger partial charge in [-0.1, -0.05) is 24.4 Å². The quantitative estimate of drug-likeness (QED) is 0.234. The number of thioether (sulfide) groups is 1. The van der Waals surface area contributed by atoms with E-state index < -0.39 is 22.8 Å². The van der Waals surface area contributed by atoms with Gasteiger partial charge >= 0.3 is 5.97 Å². The number of nitrogens with zero attached hydrogens (tertiary/aromatic N) is 3. The van der Waals surface area contributed by atoms with Crippen LogP contribution in [0.25, 0.3) is 0 Å². The molecule has 3 aliphatic rings. The van der Waals surface area contributed by atoms with Gasteiger partial charge in [-0.15, -0.1) is 24.2 Å². The number of rotatable bonds is 4. The van der Waals surface area contributed by atoms with E-state index in [-0.39, 0.29) is 29.8 Å². The van der Waals surface area contributed by atoms with Crippen molar-refractivity contribution in [1.29, 1.82) is 0 Å². The molecular weight excluding hydrogens is 385 g/mol. The van der Waals surface area contributed by atoms with E-state index in [1.165, 1.54) is 25.7 Å². The molecule has 3 atom stereocenters. The number of likely N-dealkylation sites (tertiary alicyclic amines) is 1. The minimum Gasteiger partial charge on any atom is -0.448 e. The van der Waals surface area contributed by atoms with E-state index in [0.29, 0.717) is 0 Å². The van der Waals surface area contributed by atoms with Gasteiger partial charge in [0.1, 0.15) is 11.4 Å². The Labute approximate surface area is 164 Å². The minimum absolute atomic E-state index is 0. The van der Waals surface area contributed by atoms with Gasteiger partial charge in [-0.05, 0) is 26.7 Å². The van der Waals surface area contributed by atoms with Crippen molar-refractivity contribution in [3.63, 3.8) is 0 Å². The van der Waals surface area contributed by atoms with Gasteiger partial charge in [0.2, 0.25) is 0 Å². The molecule has 3 rings (SSSR count). The summed E-state index contributed by atoms with van der Waals surface area (Å²) in [7, 11) is 0. The summed E-state index contributed by atoms with van der Waals surface area (Å²) >= 11 is 7.11. The topological polar surface area (TPSA) is 62.2 Å². The molecule has 3 heterocycles. The first kappa shape index (κ1) is 20.6. The second-order valence-corrected chi connectivity index (χ2v) is 8.98. The monoisotopic (exact) mass is 409 g/mol. The lowest BCUT2D eigenvalue weighted by molar-refractivity contribution is -0.161. The van der Waals surface area contributed by atoms with E-state index >= 15 is 0 Å². The van der Waals surface area contributed by atoms with Crippen molar-refractivity contribution in [2.75, 3.05) is 19.2 Å². The van der Waals surface area contributed by atoms with Gasteiger partial charge in [-0.2, -0.15) is 0 Å². The highest BCUT2D eigenvalue weighted by molar-refractivity contribution is 8.01. The summed E-state index contributed by atoms with van der Waals surface area (Å²) in [6.45, 7) is 5.92. The number of alkyl halides is 1. The van der Waals surface area contributed by atoms with Gasteiger partial charge in [0.15, 0.2) is 12.1 Å². The van der Waals surface area contributed by atoms with Crippen LogP contribution in [0.4, 0.5) is 0 Å². The van der Waals surface area contributed by atoms with Crippen LogP contribution in [0, 0.1) is 0 Å². The molecular formula is C16H25Cl2N3O3S. The maximum absolute atomic E-state index is 12.5. The molecule has 6 nitrogen and oxygen atoms in total. The highest BCUT2D eigenvalue weighted by Crippen LogP contribution is 2.51. The maximum atomic E-state index is 12.5. The largest absolute Gasteiger partial charge is 0.448 e. The molecule has 0 spiro atoms. The lowest BCUT2D eigenvalue weighted by Gasteiger charge is -2.41. The van der Waals surface area contributed by atoms with Crippen molar-refractivity contribution >= 4 is 54.0 Å². The van der Waals surface area contributed by atoms with Crippen LogP contribution >= 0.6 is 35.8 Å². The third-order valence-corrected chi connectivity index (χ3v) is 6.53. The Bertz CT molecular complexity index is 539. The second kappa shape index (κ2) is 8.35. The third kappa shape index (κ3) is 4.03. The lowest BCUT2D eigenvalue weighted by Crippen LogP contribution is -2.65. The third-order valence-electron chi connectivity index (χ3n) is 4.86. The minimum atomic E-state index is -0.594. The molecule has 3 fully saturated rings. The van der Waals surface area contributed by atoms with Crippen LogP contribution in [0.2, 0.25) is 0 Å². The van der Waals surface area contributed by atoms with Crippen LogP contribution in [0.1, 0.15) is 39.5 Å². The van der Waals surface area contributed by atoms with E-state index in [1.807, 2.05) is 20.2 Å². The van der Waals surface area contributed by atoms with Crippen LogP contribution < -0.4 is 0 Å². The predicted molar refractivity (Wildman–Crippen MR) is 102 cm³/mol. The number of carbonyl (C=O) groups is 2. The molecule has 0 N–H and O–H groups in total. The number of amides is 1. The Morgan fingerprint density at radius 3 is 2.60 bits per heavy atom. The zero-order valence-corrected chi connectivity index (χ0v) is 16.9. The molecule has 0 saturated carbocycles. The molecule has 142 valence electrons. The first-order valence-corrected chi connectivity index (χ1v) is 9.87. The van der Waals surface area contributed by atoms with Crippen molar-refractivity contribution in [1.82, 2.24) is 9.80 Å². The Morgan fingerprint density at radius 2 is 2.00 bits per heavy atom. The zero-order valence-electron chi connectivity index (χ0n) is 14.5. The van der Waals surface area contributed by atoms with E-state index in [9.17, 15) is 9.59 Å². The maximum Gasteiger partial charge on any atom is 0.331 e. The number of hydrogen-bond acceptors (Lipinski definition) is 5. The summed E-state index contributed by atoms with van der Waals surface area (Å²) in [6, 6.07) is -1.19. The predicted octanol–water partition coefficient (Wildman–Crippen LogP) is 2.48. The van der Waals surface area contributed by atoms with Gasteiger partial charge in [0.25, 0.3) is 5.91 Å². The van der Waals surface area contributed by atoms with Crippen LogP contribution in [-0.2, 0) is 14.3 Å². The van der Waals surface area contributed by atoms with Crippen molar-refractivity contribution in [2.45, 2.75) is 61.7 Å². The van der Waals surface area contributed by atoms with E-state index in [0.717, 1.165) is 13.1 Å². The number of halogens is 2.